The zero-order valence-electron chi connectivity index (χ0n) is 6.73. The van der Waals surface area contributed by atoms with Crippen molar-refractivity contribution in [3.05, 3.63) is 15.8 Å². The summed E-state index contributed by atoms with van der Waals surface area (Å²) in [6, 6.07) is 0. The molecule has 0 amide bonds. The predicted octanol–water partition coefficient (Wildman–Crippen LogP) is 0.815. The molecular formula is C7H7NO4S. The van der Waals surface area contributed by atoms with Crippen molar-refractivity contribution in [2.24, 2.45) is 0 Å². The summed E-state index contributed by atoms with van der Waals surface area (Å²) >= 11 is 0.903. The van der Waals surface area contributed by atoms with Crippen LogP contribution in [-0.4, -0.2) is 24.2 Å². The molecule has 0 aliphatic carbocycles. The Kier molecular flexibility index (Phi) is 2.52. The van der Waals surface area contributed by atoms with Gasteiger partial charge in [0.05, 0.1) is 12.8 Å². The van der Waals surface area contributed by atoms with Gasteiger partial charge in [0.25, 0.3) is 0 Å². The van der Waals surface area contributed by atoms with Crippen LogP contribution < -0.4 is 5.73 Å². The number of aromatic carboxylic acids is 1. The van der Waals surface area contributed by atoms with Crippen LogP contribution in [0.3, 0.4) is 0 Å². The van der Waals surface area contributed by atoms with Gasteiger partial charge < -0.3 is 15.6 Å². The van der Waals surface area contributed by atoms with Gasteiger partial charge in [0, 0.05) is 5.38 Å². The first-order valence-corrected chi connectivity index (χ1v) is 4.14. The summed E-state index contributed by atoms with van der Waals surface area (Å²) in [6.07, 6.45) is 0. The first-order valence-electron chi connectivity index (χ1n) is 3.26. The van der Waals surface area contributed by atoms with E-state index in [-0.39, 0.29) is 16.1 Å². The highest BCUT2D eigenvalue weighted by Gasteiger charge is 2.22. The number of nitrogens with two attached hydrogens (primary N) is 1. The van der Waals surface area contributed by atoms with Gasteiger partial charge in [0.15, 0.2) is 0 Å². The molecule has 0 unspecified atom stereocenters. The number of carbonyl (C=O) groups excluding carboxylic acids is 1. The van der Waals surface area contributed by atoms with Gasteiger partial charge in [-0.15, -0.1) is 11.3 Å². The molecule has 13 heavy (non-hydrogen) atoms. The van der Waals surface area contributed by atoms with Crippen LogP contribution in [0, 0.1) is 0 Å². The highest BCUT2D eigenvalue weighted by Crippen LogP contribution is 2.25. The van der Waals surface area contributed by atoms with Gasteiger partial charge >= 0.3 is 11.9 Å². The topological polar surface area (TPSA) is 89.6 Å². The van der Waals surface area contributed by atoms with Crippen LogP contribution >= 0.6 is 11.3 Å². The number of carbonyl (C=O) groups is 2. The van der Waals surface area contributed by atoms with Gasteiger partial charge in [0.1, 0.15) is 10.4 Å². The molecule has 1 aromatic rings. The highest BCUT2D eigenvalue weighted by atomic mass is 32.1. The first kappa shape index (κ1) is 9.53. The molecule has 0 atom stereocenters. The van der Waals surface area contributed by atoms with Crippen molar-refractivity contribution >= 4 is 29.0 Å². The lowest BCUT2D eigenvalue weighted by Gasteiger charge is -1.98. The molecule has 5 nitrogen and oxygen atoms in total. The fourth-order valence-electron chi connectivity index (χ4n) is 0.841. The lowest BCUT2D eigenvalue weighted by molar-refractivity contribution is 0.0586. The predicted molar refractivity (Wildman–Crippen MR) is 47.0 cm³/mol. The van der Waals surface area contributed by atoms with Crippen LogP contribution in [0.1, 0.15) is 20.0 Å². The van der Waals surface area contributed by atoms with Crippen LogP contribution in [0.5, 0.6) is 0 Å². The van der Waals surface area contributed by atoms with E-state index < -0.39 is 11.9 Å². The van der Waals surface area contributed by atoms with Crippen molar-refractivity contribution in [2.45, 2.75) is 0 Å². The van der Waals surface area contributed by atoms with Crippen molar-refractivity contribution in [2.75, 3.05) is 12.8 Å². The Morgan fingerprint density at radius 2 is 2.23 bits per heavy atom. The lowest BCUT2D eigenvalue weighted by atomic mass is 10.2. The Bertz CT molecular complexity index is 357. The first-order chi connectivity index (χ1) is 6.07. The molecule has 0 bridgehead atoms. The lowest BCUT2D eigenvalue weighted by Crippen LogP contribution is -2.08. The van der Waals surface area contributed by atoms with Crippen molar-refractivity contribution in [1.82, 2.24) is 0 Å². The Morgan fingerprint density at radius 1 is 1.62 bits per heavy atom. The summed E-state index contributed by atoms with van der Waals surface area (Å²) in [5.41, 5.74) is 5.47. The van der Waals surface area contributed by atoms with Crippen molar-refractivity contribution < 1.29 is 19.4 Å². The number of methoxy groups -OCH3 is 1. The molecule has 1 heterocycles. The minimum atomic E-state index is -1.18. The standard InChI is InChI=1S/C7H7NO4S/c1-12-7(11)4-3(8)2-13-5(4)6(9)10/h2H,8H2,1H3,(H,9,10). The number of carboxylic acid groups (broad SMARTS) is 1. The zero-order chi connectivity index (χ0) is 10.0. The third-order valence-corrected chi connectivity index (χ3v) is 2.39. The molecule has 0 aliphatic rings. The summed E-state index contributed by atoms with van der Waals surface area (Å²) in [5.74, 6) is -1.90. The molecule has 1 rings (SSSR count). The van der Waals surface area contributed by atoms with E-state index >= 15 is 0 Å². The summed E-state index contributed by atoms with van der Waals surface area (Å²) < 4.78 is 4.39. The van der Waals surface area contributed by atoms with Gasteiger partial charge in [0.2, 0.25) is 0 Å². The number of rotatable bonds is 2. The molecular weight excluding hydrogens is 194 g/mol. The number of hydrogen-bond acceptors (Lipinski definition) is 5. The number of esters is 1. The number of nitrogen functional groups attached to an aromatic ring is 1. The molecule has 6 heteroatoms. The zero-order valence-corrected chi connectivity index (χ0v) is 7.55. The molecule has 70 valence electrons. The molecule has 3 N–H and O–H groups in total. The molecule has 0 fully saturated rings. The average molecular weight is 201 g/mol. The SMILES string of the molecule is COC(=O)c1c(N)csc1C(=O)O. The van der Waals surface area contributed by atoms with Crippen LogP contribution in [-0.2, 0) is 4.74 Å². The van der Waals surface area contributed by atoms with Gasteiger partial charge in [-0.25, -0.2) is 9.59 Å². The second-order valence-corrected chi connectivity index (χ2v) is 3.07. The van der Waals surface area contributed by atoms with E-state index in [2.05, 4.69) is 4.74 Å². The van der Waals surface area contributed by atoms with E-state index in [9.17, 15) is 9.59 Å². The van der Waals surface area contributed by atoms with Crippen LogP contribution in [0.4, 0.5) is 5.69 Å². The number of hydrogen-bond donors (Lipinski definition) is 2. The summed E-state index contributed by atoms with van der Waals surface area (Å²) in [5, 5.41) is 10.1. The van der Waals surface area contributed by atoms with Gasteiger partial charge in [-0.1, -0.05) is 0 Å². The van der Waals surface area contributed by atoms with E-state index in [1.807, 2.05) is 0 Å². The average Bonchev–Trinajstić information content (AvgIpc) is 2.46. The molecule has 0 radical (unpaired) electrons. The fraction of sp³-hybridized carbons (Fsp3) is 0.143. The number of carboxylic acids is 1. The Labute approximate surface area is 77.7 Å². The van der Waals surface area contributed by atoms with E-state index in [0.29, 0.717) is 0 Å². The molecule has 0 saturated heterocycles. The minimum Gasteiger partial charge on any atom is -0.477 e. The van der Waals surface area contributed by atoms with E-state index in [4.69, 9.17) is 10.8 Å². The van der Waals surface area contributed by atoms with Gasteiger partial charge in [-0.3, -0.25) is 0 Å². The summed E-state index contributed by atoms with van der Waals surface area (Å²) in [6.45, 7) is 0. The molecule has 1 aromatic heterocycles. The molecule has 0 spiro atoms. The van der Waals surface area contributed by atoms with E-state index in [1.165, 1.54) is 12.5 Å². The molecule has 0 saturated carbocycles. The number of thiophene rings is 1. The van der Waals surface area contributed by atoms with E-state index in [0.717, 1.165) is 11.3 Å². The van der Waals surface area contributed by atoms with Crippen molar-refractivity contribution in [3.63, 3.8) is 0 Å². The van der Waals surface area contributed by atoms with E-state index in [1.54, 1.807) is 0 Å². The van der Waals surface area contributed by atoms with Crippen LogP contribution in [0.15, 0.2) is 5.38 Å². The fourth-order valence-corrected chi connectivity index (χ4v) is 1.62. The number of anilines is 1. The second kappa shape index (κ2) is 3.44. The maximum Gasteiger partial charge on any atom is 0.346 e. The second-order valence-electron chi connectivity index (χ2n) is 2.19. The summed E-state index contributed by atoms with van der Waals surface area (Å²) in [4.78, 5) is 21.6. The third kappa shape index (κ3) is 1.62. The maximum absolute atomic E-state index is 11.1. The third-order valence-electron chi connectivity index (χ3n) is 1.40. The van der Waals surface area contributed by atoms with Crippen molar-refractivity contribution in [1.29, 1.82) is 0 Å². The monoisotopic (exact) mass is 201 g/mol. The largest absolute Gasteiger partial charge is 0.477 e. The summed E-state index contributed by atoms with van der Waals surface area (Å²) in [7, 11) is 1.17. The Morgan fingerprint density at radius 3 is 2.69 bits per heavy atom. The van der Waals surface area contributed by atoms with Crippen molar-refractivity contribution in [3.8, 4) is 0 Å². The number of ether oxygens (including phenoxy) is 1. The minimum absolute atomic E-state index is 0.0694. The van der Waals surface area contributed by atoms with Gasteiger partial charge in [-0.2, -0.15) is 0 Å². The smallest absolute Gasteiger partial charge is 0.346 e. The quantitative estimate of drug-likeness (QED) is 0.691. The molecule has 0 aromatic carbocycles. The normalized spacial score (nSPS) is 9.62. The van der Waals surface area contributed by atoms with Crippen LogP contribution in [0.2, 0.25) is 0 Å². The van der Waals surface area contributed by atoms with Gasteiger partial charge in [-0.05, 0) is 0 Å². The molecule has 0 aliphatic heterocycles. The van der Waals surface area contributed by atoms with Crippen LogP contribution in [0.25, 0.3) is 0 Å². The Balaban J connectivity index is 3.24. The maximum atomic E-state index is 11.1. The Hall–Kier alpha value is -1.56. The highest BCUT2D eigenvalue weighted by molar-refractivity contribution is 7.12.